The smallest absolute Gasteiger partial charge is 0.246 e. The molecule has 3 N–H and O–H groups in total. The third kappa shape index (κ3) is 4.24. The molecule has 0 heterocycles. The highest BCUT2D eigenvalue weighted by Crippen LogP contribution is 2.21. The Bertz CT molecular complexity index is 316. The lowest BCUT2D eigenvalue weighted by Gasteiger charge is -2.13. The van der Waals surface area contributed by atoms with E-state index in [1.54, 1.807) is 11.8 Å². The van der Waals surface area contributed by atoms with Crippen LogP contribution < -0.4 is 11.3 Å². The lowest BCUT2D eigenvalue weighted by molar-refractivity contribution is -0.120. The molecule has 0 aliphatic heterocycles. The molecule has 0 fully saturated rings. The topological polar surface area (TPSA) is 55.1 Å². The number of nitrogens with one attached hydrogen (secondary N) is 1. The molecule has 0 bridgehead atoms. The summed E-state index contributed by atoms with van der Waals surface area (Å²) in [6, 6.07) is 10.1. The first-order chi connectivity index (χ1) is 7.77. The predicted octanol–water partition coefficient (Wildman–Crippen LogP) is 2.08. The highest BCUT2D eigenvalue weighted by atomic mass is 32.2. The summed E-state index contributed by atoms with van der Waals surface area (Å²) in [5.41, 5.74) is 3.46. The van der Waals surface area contributed by atoms with Crippen molar-refractivity contribution < 1.29 is 4.79 Å². The van der Waals surface area contributed by atoms with Crippen LogP contribution in [0.25, 0.3) is 0 Å². The number of amides is 1. The molecule has 16 heavy (non-hydrogen) atoms. The van der Waals surface area contributed by atoms with E-state index >= 15 is 0 Å². The summed E-state index contributed by atoms with van der Waals surface area (Å²) >= 11 is 1.64. The minimum Gasteiger partial charge on any atom is -0.293 e. The van der Waals surface area contributed by atoms with Gasteiger partial charge < -0.3 is 0 Å². The fourth-order valence-electron chi connectivity index (χ4n) is 1.42. The molecule has 0 aliphatic carbocycles. The number of carbonyl (C=O) groups excluding carboxylic acids is 1. The molecule has 0 saturated heterocycles. The van der Waals surface area contributed by atoms with Crippen LogP contribution in [-0.4, -0.2) is 11.2 Å². The van der Waals surface area contributed by atoms with Crippen LogP contribution in [0.15, 0.2) is 30.3 Å². The number of carbonyl (C=O) groups is 1. The van der Waals surface area contributed by atoms with Crippen molar-refractivity contribution in [2.24, 2.45) is 5.84 Å². The van der Waals surface area contributed by atoms with Gasteiger partial charge in [-0.2, -0.15) is 0 Å². The molecular formula is C12H18N2OS. The zero-order valence-corrected chi connectivity index (χ0v) is 10.3. The molecule has 0 radical (unpaired) electrons. The van der Waals surface area contributed by atoms with Gasteiger partial charge in [-0.15, -0.1) is 11.8 Å². The monoisotopic (exact) mass is 238 g/mol. The number of hydrazine groups is 1. The summed E-state index contributed by atoms with van der Waals surface area (Å²) in [5, 5.41) is -0.0461. The quantitative estimate of drug-likeness (QED) is 0.453. The third-order valence-electron chi connectivity index (χ3n) is 2.28. The summed E-state index contributed by atoms with van der Waals surface area (Å²) < 4.78 is 0. The van der Waals surface area contributed by atoms with E-state index in [2.05, 4.69) is 24.5 Å². The van der Waals surface area contributed by atoms with E-state index in [-0.39, 0.29) is 11.2 Å². The average molecular weight is 238 g/mol. The molecule has 1 aromatic carbocycles. The zero-order chi connectivity index (χ0) is 11.8. The third-order valence-corrected chi connectivity index (χ3v) is 3.63. The van der Waals surface area contributed by atoms with Crippen LogP contribution in [-0.2, 0) is 10.5 Å². The standard InChI is InChI=1S/C12H18N2OS/c1-2-6-11(12(15)14-13)16-9-10-7-4-3-5-8-10/h3-5,7-8,11H,2,6,9,13H2,1H3,(H,14,15). The molecule has 0 spiro atoms. The van der Waals surface area contributed by atoms with E-state index in [9.17, 15) is 4.79 Å². The first-order valence-corrected chi connectivity index (χ1v) is 6.48. The molecule has 1 unspecified atom stereocenters. The number of hydrogen-bond acceptors (Lipinski definition) is 3. The Morgan fingerprint density at radius 2 is 2.12 bits per heavy atom. The van der Waals surface area contributed by atoms with Crippen LogP contribution in [0.2, 0.25) is 0 Å². The van der Waals surface area contributed by atoms with Gasteiger partial charge in [0.1, 0.15) is 0 Å². The number of hydrogen-bond donors (Lipinski definition) is 2. The lowest BCUT2D eigenvalue weighted by Crippen LogP contribution is -2.37. The van der Waals surface area contributed by atoms with Crippen LogP contribution in [0, 0.1) is 0 Å². The van der Waals surface area contributed by atoms with Crippen molar-refractivity contribution in [3.63, 3.8) is 0 Å². The van der Waals surface area contributed by atoms with Crippen molar-refractivity contribution in [1.29, 1.82) is 0 Å². The highest BCUT2D eigenvalue weighted by molar-refractivity contribution is 7.99. The van der Waals surface area contributed by atoms with Crippen molar-refractivity contribution in [2.75, 3.05) is 0 Å². The van der Waals surface area contributed by atoms with Crippen molar-refractivity contribution >= 4 is 17.7 Å². The summed E-state index contributed by atoms with van der Waals surface area (Å²) in [6.07, 6.45) is 1.85. The molecule has 1 aromatic rings. The summed E-state index contributed by atoms with van der Waals surface area (Å²) in [4.78, 5) is 11.5. The molecule has 88 valence electrons. The van der Waals surface area contributed by atoms with Gasteiger partial charge >= 0.3 is 0 Å². The van der Waals surface area contributed by atoms with Gasteiger partial charge in [0.05, 0.1) is 5.25 Å². The van der Waals surface area contributed by atoms with Gasteiger partial charge in [-0.1, -0.05) is 43.7 Å². The van der Waals surface area contributed by atoms with Crippen molar-refractivity contribution in [2.45, 2.75) is 30.8 Å². The minimum atomic E-state index is -0.0808. The molecule has 1 amide bonds. The van der Waals surface area contributed by atoms with E-state index in [1.807, 2.05) is 18.2 Å². The van der Waals surface area contributed by atoms with Crippen LogP contribution in [0.3, 0.4) is 0 Å². The Labute approximate surface area is 101 Å². The molecule has 3 nitrogen and oxygen atoms in total. The van der Waals surface area contributed by atoms with E-state index in [1.165, 1.54) is 5.56 Å². The fraction of sp³-hybridized carbons (Fsp3) is 0.417. The van der Waals surface area contributed by atoms with Gasteiger partial charge in [0.15, 0.2) is 0 Å². The Morgan fingerprint density at radius 1 is 1.44 bits per heavy atom. The fourth-order valence-corrected chi connectivity index (χ4v) is 2.62. The number of nitrogens with two attached hydrogens (primary N) is 1. The van der Waals surface area contributed by atoms with Crippen molar-refractivity contribution in [3.05, 3.63) is 35.9 Å². The Kier molecular flexibility index (Phi) is 5.96. The molecular weight excluding hydrogens is 220 g/mol. The van der Waals surface area contributed by atoms with E-state index in [0.29, 0.717) is 0 Å². The van der Waals surface area contributed by atoms with Gasteiger partial charge in [-0.3, -0.25) is 10.2 Å². The average Bonchev–Trinajstić information content (AvgIpc) is 2.34. The van der Waals surface area contributed by atoms with Crippen LogP contribution in [0.4, 0.5) is 0 Å². The largest absolute Gasteiger partial charge is 0.293 e. The van der Waals surface area contributed by atoms with Crippen molar-refractivity contribution in [3.8, 4) is 0 Å². The second kappa shape index (κ2) is 7.30. The number of thioether (sulfide) groups is 1. The molecule has 0 saturated carbocycles. The van der Waals surface area contributed by atoms with Crippen LogP contribution >= 0.6 is 11.8 Å². The number of rotatable bonds is 6. The number of benzene rings is 1. The minimum absolute atomic E-state index is 0.0461. The maximum absolute atomic E-state index is 11.5. The predicted molar refractivity (Wildman–Crippen MR) is 68.8 cm³/mol. The van der Waals surface area contributed by atoms with E-state index < -0.39 is 0 Å². The van der Waals surface area contributed by atoms with Gasteiger partial charge in [0.25, 0.3) is 0 Å². The zero-order valence-electron chi connectivity index (χ0n) is 9.48. The molecule has 1 atom stereocenters. The normalized spacial score (nSPS) is 12.1. The van der Waals surface area contributed by atoms with Crippen LogP contribution in [0.1, 0.15) is 25.3 Å². The molecule has 0 aliphatic rings. The Balaban J connectivity index is 2.47. The van der Waals surface area contributed by atoms with E-state index in [0.717, 1.165) is 18.6 Å². The first-order valence-electron chi connectivity index (χ1n) is 5.44. The van der Waals surface area contributed by atoms with Crippen LogP contribution in [0.5, 0.6) is 0 Å². The maximum Gasteiger partial charge on any atom is 0.246 e. The highest BCUT2D eigenvalue weighted by Gasteiger charge is 2.16. The van der Waals surface area contributed by atoms with Gasteiger partial charge in [-0.25, -0.2) is 5.84 Å². The molecule has 0 aromatic heterocycles. The van der Waals surface area contributed by atoms with E-state index in [4.69, 9.17) is 5.84 Å². The Morgan fingerprint density at radius 3 is 2.69 bits per heavy atom. The summed E-state index contributed by atoms with van der Waals surface area (Å²) in [7, 11) is 0. The van der Waals surface area contributed by atoms with Crippen molar-refractivity contribution in [1.82, 2.24) is 5.43 Å². The summed E-state index contributed by atoms with van der Waals surface area (Å²) in [6.45, 7) is 2.07. The molecule has 4 heteroatoms. The first kappa shape index (κ1) is 13.1. The molecule has 1 rings (SSSR count). The SMILES string of the molecule is CCCC(SCc1ccccc1)C(=O)NN. The van der Waals surface area contributed by atoms with Gasteiger partial charge in [0.2, 0.25) is 5.91 Å². The second-order valence-corrected chi connectivity index (χ2v) is 4.77. The van der Waals surface area contributed by atoms with Gasteiger partial charge in [0, 0.05) is 5.75 Å². The second-order valence-electron chi connectivity index (χ2n) is 3.58. The van der Waals surface area contributed by atoms with Gasteiger partial charge in [-0.05, 0) is 12.0 Å². The lowest BCUT2D eigenvalue weighted by atomic mass is 10.2. The summed E-state index contributed by atoms with van der Waals surface area (Å²) in [5.74, 6) is 5.92. The maximum atomic E-state index is 11.5. The Hall–Kier alpha value is -1.00.